The predicted octanol–water partition coefficient (Wildman–Crippen LogP) is 1.91. The number of carbonyl (C=O) groups is 1. The number of benzene rings is 1. The van der Waals surface area contributed by atoms with Gasteiger partial charge in [-0.25, -0.2) is 10.2 Å². The molecule has 1 rings (SSSR count). The summed E-state index contributed by atoms with van der Waals surface area (Å²) < 4.78 is 0. The number of hydrogen-bond acceptors (Lipinski definition) is 2. The second kappa shape index (κ2) is 5.90. The third kappa shape index (κ3) is 4.13. The summed E-state index contributed by atoms with van der Waals surface area (Å²) >= 11 is 0. The highest BCUT2D eigenvalue weighted by Crippen LogP contribution is 2.09. The van der Waals surface area contributed by atoms with E-state index < -0.39 is 6.03 Å². The first kappa shape index (κ1) is 12.2. The van der Waals surface area contributed by atoms with E-state index in [-0.39, 0.29) is 5.92 Å². The lowest BCUT2D eigenvalue weighted by atomic mass is 9.97. The van der Waals surface area contributed by atoms with Crippen LogP contribution in [-0.2, 0) is 6.42 Å². The van der Waals surface area contributed by atoms with Crippen LogP contribution in [0.1, 0.15) is 19.4 Å². The van der Waals surface area contributed by atoms with E-state index in [0.717, 1.165) is 12.1 Å². The van der Waals surface area contributed by atoms with Gasteiger partial charge in [-0.3, -0.25) is 0 Å². The van der Waals surface area contributed by atoms with E-state index in [4.69, 9.17) is 5.73 Å². The van der Waals surface area contributed by atoms with Crippen molar-refractivity contribution in [1.82, 2.24) is 5.43 Å². The summed E-state index contributed by atoms with van der Waals surface area (Å²) in [5, 5.41) is 3.91. The van der Waals surface area contributed by atoms with E-state index in [0.29, 0.717) is 0 Å². The molecule has 4 heteroatoms. The Bertz CT molecular complexity index is 373. The molecule has 3 N–H and O–H groups in total. The summed E-state index contributed by atoms with van der Waals surface area (Å²) in [5.41, 5.74) is 9.29. The van der Waals surface area contributed by atoms with Gasteiger partial charge in [0.15, 0.2) is 0 Å². The van der Waals surface area contributed by atoms with Crippen LogP contribution in [0.3, 0.4) is 0 Å². The molecule has 0 spiro atoms. The highest BCUT2D eigenvalue weighted by Gasteiger charge is 2.07. The Balaban J connectivity index is 2.55. The maximum atomic E-state index is 10.5. The molecule has 0 aliphatic heterocycles. The molecule has 86 valence electrons. The van der Waals surface area contributed by atoms with Crippen molar-refractivity contribution in [3.8, 4) is 0 Å². The number of hydrogen-bond donors (Lipinski definition) is 2. The highest BCUT2D eigenvalue weighted by atomic mass is 16.2. The van der Waals surface area contributed by atoms with Gasteiger partial charge in [0.2, 0.25) is 0 Å². The van der Waals surface area contributed by atoms with Gasteiger partial charge >= 0.3 is 6.03 Å². The van der Waals surface area contributed by atoms with Crippen LogP contribution in [0.2, 0.25) is 0 Å². The summed E-state index contributed by atoms with van der Waals surface area (Å²) in [6, 6.07) is 9.53. The fourth-order valence-electron chi connectivity index (χ4n) is 1.37. The molecule has 0 aliphatic rings. The first-order valence-corrected chi connectivity index (χ1v) is 5.23. The van der Waals surface area contributed by atoms with Gasteiger partial charge < -0.3 is 5.73 Å². The molecule has 0 unspecified atom stereocenters. The van der Waals surface area contributed by atoms with Gasteiger partial charge in [0, 0.05) is 5.71 Å². The molecule has 0 aliphatic carbocycles. The minimum absolute atomic E-state index is 0.272. The van der Waals surface area contributed by atoms with Gasteiger partial charge in [0.05, 0.1) is 0 Å². The van der Waals surface area contributed by atoms with Crippen LogP contribution >= 0.6 is 0 Å². The number of nitrogens with one attached hydrogen (secondary N) is 1. The van der Waals surface area contributed by atoms with E-state index in [2.05, 4.69) is 29.6 Å². The zero-order valence-electron chi connectivity index (χ0n) is 9.60. The van der Waals surface area contributed by atoms with Gasteiger partial charge in [0.1, 0.15) is 0 Å². The van der Waals surface area contributed by atoms with Crippen molar-refractivity contribution in [2.45, 2.75) is 20.3 Å². The molecule has 0 radical (unpaired) electrons. The average molecular weight is 219 g/mol. The topological polar surface area (TPSA) is 67.5 Å². The highest BCUT2D eigenvalue weighted by molar-refractivity contribution is 5.85. The van der Waals surface area contributed by atoms with Crippen molar-refractivity contribution in [1.29, 1.82) is 0 Å². The number of rotatable bonds is 4. The molecule has 0 saturated heterocycles. The second-order valence-electron chi connectivity index (χ2n) is 3.82. The Morgan fingerprint density at radius 3 is 2.62 bits per heavy atom. The quantitative estimate of drug-likeness (QED) is 0.589. The van der Waals surface area contributed by atoms with Crippen LogP contribution in [0.25, 0.3) is 0 Å². The lowest BCUT2D eigenvalue weighted by Gasteiger charge is -2.10. The first-order chi connectivity index (χ1) is 7.59. The number of amides is 2. The normalized spacial score (nSPS) is 13.2. The third-order valence-corrected chi connectivity index (χ3v) is 2.44. The maximum absolute atomic E-state index is 10.5. The number of hydrazone groups is 1. The van der Waals surface area contributed by atoms with Crippen molar-refractivity contribution >= 4 is 11.7 Å². The summed E-state index contributed by atoms with van der Waals surface area (Å²) in [6.45, 7) is 3.94. The van der Waals surface area contributed by atoms with Gasteiger partial charge in [0.25, 0.3) is 0 Å². The fraction of sp³-hybridized carbons (Fsp3) is 0.333. The Labute approximate surface area is 95.5 Å². The lowest BCUT2D eigenvalue weighted by molar-refractivity contribution is 0.249. The molecule has 1 atom stereocenters. The third-order valence-electron chi connectivity index (χ3n) is 2.44. The Hall–Kier alpha value is -1.84. The van der Waals surface area contributed by atoms with Crippen molar-refractivity contribution in [2.24, 2.45) is 16.8 Å². The van der Waals surface area contributed by atoms with Crippen molar-refractivity contribution in [3.63, 3.8) is 0 Å². The van der Waals surface area contributed by atoms with Crippen LogP contribution < -0.4 is 11.2 Å². The van der Waals surface area contributed by atoms with E-state index >= 15 is 0 Å². The summed E-state index contributed by atoms with van der Waals surface area (Å²) in [6.07, 6.45) is 0.899. The van der Waals surface area contributed by atoms with Crippen LogP contribution in [-0.4, -0.2) is 11.7 Å². The number of nitrogens with two attached hydrogens (primary N) is 1. The standard InChI is InChI=1S/C12H17N3O/c1-9(10(2)14-15-12(13)16)8-11-6-4-3-5-7-11/h3-7,9H,8H2,1-2H3,(H3,13,15,16)/b14-10+/t9-/m0/s1. The van der Waals surface area contributed by atoms with Gasteiger partial charge in [-0.2, -0.15) is 5.10 Å². The largest absolute Gasteiger partial charge is 0.350 e. The SMILES string of the molecule is C/C(=N\NC(N)=O)[C@@H](C)Cc1ccccc1. The van der Waals surface area contributed by atoms with E-state index in [9.17, 15) is 4.79 Å². The Morgan fingerprint density at radius 2 is 2.06 bits per heavy atom. The Morgan fingerprint density at radius 1 is 1.44 bits per heavy atom. The molecule has 0 heterocycles. The average Bonchev–Trinajstić information content (AvgIpc) is 2.27. The summed E-state index contributed by atoms with van der Waals surface area (Å²) in [7, 11) is 0. The van der Waals surface area contributed by atoms with E-state index in [1.807, 2.05) is 25.1 Å². The monoisotopic (exact) mass is 219 g/mol. The van der Waals surface area contributed by atoms with Gasteiger partial charge in [-0.15, -0.1) is 0 Å². The molecule has 0 aromatic heterocycles. The molecule has 1 aromatic rings. The van der Waals surface area contributed by atoms with Gasteiger partial charge in [-0.05, 0) is 24.8 Å². The first-order valence-electron chi connectivity index (χ1n) is 5.23. The fourth-order valence-corrected chi connectivity index (χ4v) is 1.37. The smallest absolute Gasteiger partial charge is 0.332 e. The maximum Gasteiger partial charge on any atom is 0.332 e. The van der Waals surface area contributed by atoms with Crippen LogP contribution in [0, 0.1) is 5.92 Å². The van der Waals surface area contributed by atoms with Crippen LogP contribution in [0.4, 0.5) is 4.79 Å². The van der Waals surface area contributed by atoms with Crippen molar-refractivity contribution in [3.05, 3.63) is 35.9 Å². The molecule has 16 heavy (non-hydrogen) atoms. The molecule has 0 fully saturated rings. The number of primary amides is 1. The zero-order chi connectivity index (χ0) is 12.0. The number of carbonyl (C=O) groups excluding carboxylic acids is 1. The second-order valence-corrected chi connectivity index (χ2v) is 3.82. The molecule has 4 nitrogen and oxygen atoms in total. The molecule has 0 bridgehead atoms. The minimum atomic E-state index is -0.633. The van der Waals surface area contributed by atoms with Crippen molar-refractivity contribution < 1.29 is 4.79 Å². The van der Waals surface area contributed by atoms with E-state index in [1.54, 1.807) is 0 Å². The summed E-state index contributed by atoms with van der Waals surface area (Å²) in [5.74, 6) is 0.272. The zero-order valence-corrected chi connectivity index (χ0v) is 9.60. The Kier molecular flexibility index (Phi) is 4.51. The summed E-state index contributed by atoms with van der Waals surface area (Å²) in [4.78, 5) is 10.5. The van der Waals surface area contributed by atoms with Gasteiger partial charge in [-0.1, -0.05) is 37.3 Å². The predicted molar refractivity (Wildman–Crippen MR) is 65.1 cm³/mol. The van der Waals surface area contributed by atoms with E-state index in [1.165, 1.54) is 5.56 Å². The molecule has 0 saturated carbocycles. The van der Waals surface area contributed by atoms with Crippen LogP contribution in [0.5, 0.6) is 0 Å². The van der Waals surface area contributed by atoms with Crippen molar-refractivity contribution in [2.75, 3.05) is 0 Å². The molecule has 1 aromatic carbocycles. The molecule has 2 amide bonds. The number of nitrogens with zero attached hydrogens (tertiary/aromatic N) is 1. The minimum Gasteiger partial charge on any atom is -0.350 e. The molecular weight excluding hydrogens is 202 g/mol. The van der Waals surface area contributed by atoms with Crippen LogP contribution in [0.15, 0.2) is 35.4 Å². The lowest BCUT2D eigenvalue weighted by Crippen LogP contribution is -2.26. The number of urea groups is 1. The molecular formula is C12H17N3O.